The molecular weight excluding hydrogens is 453 g/mol. The maximum atomic E-state index is 6.09. The Morgan fingerprint density at radius 1 is 1.28 bits per heavy atom. The third-order valence-electron chi connectivity index (χ3n) is 4.17. The highest BCUT2D eigenvalue weighted by Crippen LogP contribution is 2.20. The van der Waals surface area contributed by atoms with Crippen LogP contribution >= 0.6 is 35.6 Å². The lowest BCUT2D eigenvalue weighted by atomic mass is 10.2. The van der Waals surface area contributed by atoms with Gasteiger partial charge in [0.1, 0.15) is 6.33 Å². The van der Waals surface area contributed by atoms with Gasteiger partial charge >= 0.3 is 0 Å². The summed E-state index contributed by atoms with van der Waals surface area (Å²) in [5.74, 6) is 1.78. The van der Waals surface area contributed by atoms with Crippen molar-refractivity contribution in [2.45, 2.75) is 6.54 Å². The minimum Gasteiger partial charge on any atom is -0.368 e. The van der Waals surface area contributed by atoms with E-state index in [9.17, 15) is 0 Å². The van der Waals surface area contributed by atoms with E-state index in [2.05, 4.69) is 36.4 Å². The Balaban J connectivity index is 0.00000225. The van der Waals surface area contributed by atoms with Crippen molar-refractivity contribution < 1.29 is 0 Å². The van der Waals surface area contributed by atoms with Crippen molar-refractivity contribution in [1.29, 1.82) is 0 Å². The van der Waals surface area contributed by atoms with Crippen LogP contribution in [-0.4, -0.2) is 58.9 Å². The lowest BCUT2D eigenvalue weighted by molar-refractivity contribution is 0.372. The predicted octanol–water partition coefficient (Wildman–Crippen LogP) is 1.98. The molecule has 1 aliphatic rings. The zero-order valence-electron chi connectivity index (χ0n) is 14.4. The molecule has 0 spiro atoms. The van der Waals surface area contributed by atoms with Crippen LogP contribution in [0.4, 0.5) is 5.69 Å². The molecule has 1 N–H and O–H groups in total. The fourth-order valence-corrected chi connectivity index (χ4v) is 2.99. The number of aromatic nitrogens is 3. The fraction of sp³-hybridized carbons (Fsp3) is 0.438. The molecule has 9 heteroatoms. The number of guanidine groups is 1. The van der Waals surface area contributed by atoms with Crippen LogP contribution in [0.2, 0.25) is 5.02 Å². The van der Waals surface area contributed by atoms with Gasteiger partial charge in [0.05, 0.1) is 6.54 Å². The van der Waals surface area contributed by atoms with E-state index in [0.29, 0.717) is 6.54 Å². The van der Waals surface area contributed by atoms with Crippen molar-refractivity contribution in [3.63, 3.8) is 0 Å². The second-order valence-corrected chi connectivity index (χ2v) is 6.15. The maximum Gasteiger partial charge on any atom is 0.194 e. The molecule has 1 aromatic heterocycles. The van der Waals surface area contributed by atoms with Crippen LogP contribution in [0.25, 0.3) is 0 Å². The normalized spacial score (nSPS) is 15.1. The summed E-state index contributed by atoms with van der Waals surface area (Å²) in [6, 6.07) is 8.01. The van der Waals surface area contributed by atoms with E-state index in [1.807, 2.05) is 36.9 Å². The summed E-state index contributed by atoms with van der Waals surface area (Å²) >= 11 is 6.09. The zero-order valence-corrected chi connectivity index (χ0v) is 17.5. The summed E-state index contributed by atoms with van der Waals surface area (Å²) < 4.78 is 1.90. The molecular formula is C16H23ClIN7. The lowest BCUT2D eigenvalue weighted by Gasteiger charge is -2.37. The predicted molar refractivity (Wildman–Crippen MR) is 112 cm³/mol. The van der Waals surface area contributed by atoms with Crippen LogP contribution in [0, 0.1) is 0 Å². The average Bonchev–Trinajstić information content (AvgIpc) is 3.01. The number of nitrogens with one attached hydrogen (secondary N) is 1. The van der Waals surface area contributed by atoms with Crippen LogP contribution in [0.15, 0.2) is 35.6 Å². The van der Waals surface area contributed by atoms with E-state index in [4.69, 9.17) is 11.6 Å². The topological polar surface area (TPSA) is 61.6 Å². The fourth-order valence-electron chi connectivity index (χ4n) is 2.81. The molecule has 2 aromatic rings. The quantitative estimate of drug-likeness (QED) is 0.418. The van der Waals surface area contributed by atoms with Gasteiger partial charge in [-0.2, -0.15) is 0 Å². The molecule has 0 unspecified atom stereocenters. The van der Waals surface area contributed by atoms with Crippen molar-refractivity contribution in [3.05, 3.63) is 41.4 Å². The molecule has 0 atom stereocenters. The Labute approximate surface area is 170 Å². The minimum absolute atomic E-state index is 0. The van der Waals surface area contributed by atoms with Gasteiger partial charge in [0.25, 0.3) is 0 Å². The highest BCUT2D eigenvalue weighted by Gasteiger charge is 2.20. The minimum atomic E-state index is 0. The van der Waals surface area contributed by atoms with Gasteiger partial charge < -0.3 is 19.7 Å². The molecule has 0 aliphatic carbocycles. The van der Waals surface area contributed by atoms with Crippen molar-refractivity contribution in [2.24, 2.45) is 12.0 Å². The van der Waals surface area contributed by atoms with Gasteiger partial charge in [0.2, 0.25) is 0 Å². The molecule has 2 heterocycles. The molecule has 0 saturated carbocycles. The number of anilines is 1. The number of piperazine rings is 1. The van der Waals surface area contributed by atoms with Crippen LogP contribution < -0.4 is 10.2 Å². The third kappa shape index (κ3) is 4.97. The van der Waals surface area contributed by atoms with Crippen molar-refractivity contribution in [3.8, 4) is 0 Å². The van der Waals surface area contributed by atoms with E-state index in [-0.39, 0.29) is 24.0 Å². The van der Waals surface area contributed by atoms with Crippen LogP contribution in [-0.2, 0) is 13.6 Å². The summed E-state index contributed by atoms with van der Waals surface area (Å²) in [5, 5.41) is 12.1. The number of rotatable bonds is 3. The standard InChI is InChI=1S/C16H22ClN7.HI/c1-18-16(19-11-15-21-20-12-22(15)2)24-8-6-23(7-9-24)14-5-3-4-13(17)10-14;/h3-5,10,12H,6-9,11H2,1-2H3,(H,18,19);1H. The van der Waals surface area contributed by atoms with Crippen molar-refractivity contribution >= 4 is 47.2 Å². The lowest BCUT2D eigenvalue weighted by Crippen LogP contribution is -2.52. The first kappa shape index (κ1) is 19.8. The van der Waals surface area contributed by atoms with E-state index >= 15 is 0 Å². The van der Waals surface area contributed by atoms with E-state index < -0.39 is 0 Å². The Kier molecular flexibility index (Phi) is 7.30. The van der Waals surface area contributed by atoms with E-state index in [1.165, 1.54) is 5.69 Å². The molecule has 1 fully saturated rings. The van der Waals surface area contributed by atoms with Crippen molar-refractivity contribution in [2.75, 3.05) is 38.1 Å². The van der Waals surface area contributed by atoms with Crippen LogP contribution in [0.5, 0.6) is 0 Å². The molecule has 0 amide bonds. The highest BCUT2D eigenvalue weighted by molar-refractivity contribution is 14.0. The smallest absolute Gasteiger partial charge is 0.194 e. The van der Waals surface area contributed by atoms with Crippen molar-refractivity contribution in [1.82, 2.24) is 25.0 Å². The molecule has 1 aliphatic heterocycles. The van der Waals surface area contributed by atoms with Gasteiger partial charge in [0.15, 0.2) is 11.8 Å². The molecule has 0 bridgehead atoms. The summed E-state index contributed by atoms with van der Waals surface area (Å²) in [5.41, 5.74) is 1.17. The molecule has 25 heavy (non-hydrogen) atoms. The van der Waals surface area contributed by atoms with Gasteiger partial charge in [-0.15, -0.1) is 34.2 Å². The maximum absolute atomic E-state index is 6.09. The van der Waals surface area contributed by atoms with Gasteiger partial charge in [0, 0.05) is 51.0 Å². The van der Waals surface area contributed by atoms with Crippen LogP contribution in [0.3, 0.4) is 0 Å². The third-order valence-corrected chi connectivity index (χ3v) is 4.41. The molecule has 3 rings (SSSR count). The highest BCUT2D eigenvalue weighted by atomic mass is 127. The van der Waals surface area contributed by atoms with E-state index in [0.717, 1.165) is 43.0 Å². The molecule has 1 saturated heterocycles. The number of aliphatic imine (C=N–C) groups is 1. The number of nitrogens with zero attached hydrogens (tertiary/aromatic N) is 6. The molecule has 0 radical (unpaired) electrons. The Hall–Kier alpha value is -1.55. The molecule has 7 nitrogen and oxygen atoms in total. The van der Waals surface area contributed by atoms with E-state index in [1.54, 1.807) is 6.33 Å². The second-order valence-electron chi connectivity index (χ2n) is 5.71. The number of benzene rings is 1. The Morgan fingerprint density at radius 3 is 2.64 bits per heavy atom. The number of hydrogen-bond donors (Lipinski definition) is 1. The Bertz CT molecular complexity index is 710. The second kappa shape index (κ2) is 9.23. The monoisotopic (exact) mass is 475 g/mol. The van der Waals surface area contributed by atoms with Gasteiger partial charge in [-0.25, -0.2) is 0 Å². The number of aryl methyl sites for hydroxylation is 1. The number of hydrogen-bond acceptors (Lipinski definition) is 4. The summed E-state index contributed by atoms with van der Waals surface area (Å²) in [6.45, 7) is 4.30. The molecule has 1 aromatic carbocycles. The largest absolute Gasteiger partial charge is 0.368 e. The summed E-state index contributed by atoms with van der Waals surface area (Å²) in [4.78, 5) is 8.99. The Morgan fingerprint density at radius 2 is 2.04 bits per heavy atom. The first-order valence-corrected chi connectivity index (χ1v) is 8.34. The SMILES string of the molecule is CN=C(NCc1nncn1C)N1CCN(c2cccc(Cl)c2)CC1.I. The first-order valence-electron chi connectivity index (χ1n) is 7.96. The van der Waals surface area contributed by atoms with Crippen LogP contribution in [0.1, 0.15) is 5.82 Å². The summed E-state index contributed by atoms with van der Waals surface area (Å²) in [6.07, 6.45) is 1.70. The van der Waals surface area contributed by atoms with Gasteiger partial charge in [-0.1, -0.05) is 17.7 Å². The average molecular weight is 476 g/mol. The summed E-state index contributed by atoms with van der Waals surface area (Å²) in [7, 11) is 3.74. The van der Waals surface area contributed by atoms with Gasteiger partial charge in [-0.3, -0.25) is 4.99 Å². The first-order chi connectivity index (χ1) is 11.7. The van der Waals surface area contributed by atoms with Gasteiger partial charge in [-0.05, 0) is 18.2 Å². The zero-order chi connectivity index (χ0) is 16.9. The number of halogens is 2. The molecule has 136 valence electrons.